The van der Waals surface area contributed by atoms with Crippen LogP contribution in [0.1, 0.15) is 99.2 Å². The number of fused-ring (bicyclic) bond motifs is 2. The fourth-order valence-corrected chi connectivity index (χ4v) is 9.12. The van der Waals surface area contributed by atoms with Gasteiger partial charge < -0.3 is 39.0 Å². The minimum Gasteiger partial charge on any atom is -0.460 e. The van der Waals surface area contributed by atoms with Gasteiger partial charge in [0, 0.05) is 36.1 Å². The van der Waals surface area contributed by atoms with Gasteiger partial charge in [0.1, 0.15) is 30.0 Å². The van der Waals surface area contributed by atoms with Gasteiger partial charge in [0.15, 0.2) is 0 Å². The summed E-state index contributed by atoms with van der Waals surface area (Å²) in [6, 6.07) is 25.0. The van der Waals surface area contributed by atoms with Crippen molar-refractivity contribution in [3.8, 4) is 0 Å². The van der Waals surface area contributed by atoms with Crippen LogP contribution >= 0.6 is 0 Å². The normalized spacial score (nSPS) is 27.0. The zero-order valence-corrected chi connectivity index (χ0v) is 35.1. The van der Waals surface area contributed by atoms with Gasteiger partial charge in [-0.1, -0.05) is 91.0 Å². The van der Waals surface area contributed by atoms with Crippen molar-refractivity contribution in [2.24, 2.45) is 5.92 Å². The van der Waals surface area contributed by atoms with Crippen LogP contribution in [0.4, 0.5) is 0 Å². The van der Waals surface area contributed by atoms with Gasteiger partial charge in [-0.2, -0.15) is 0 Å². The van der Waals surface area contributed by atoms with E-state index in [9.17, 15) is 24.3 Å². The molecule has 8 atom stereocenters. The fraction of sp³-hybridized carbons (Fsp3) is 0.469. The third-order valence-corrected chi connectivity index (χ3v) is 12.2. The second-order valence-corrected chi connectivity index (χ2v) is 17.8. The molecule has 4 fully saturated rings. The summed E-state index contributed by atoms with van der Waals surface area (Å²) < 4.78 is 31.4. The molecule has 0 aromatic heterocycles. The lowest BCUT2D eigenvalue weighted by Crippen LogP contribution is -2.51. The SMILES string of the molecule is CC(C)(C)OC(=O)CC[C@@H](CO)NC(=O)[C@H]1CCCN1C(=O)C1=C[C@H]2OC(c3ccccc3)(c3ccccc3)O[C@H]2[C@H](OC(=O)c2ccccc2C=CC2CCC3OC3C2)C1. The maximum absolute atomic E-state index is 14.6. The number of aliphatic hydroxyl groups is 1. The Labute approximate surface area is 357 Å². The largest absolute Gasteiger partial charge is 0.460 e. The highest BCUT2D eigenvalue weighted by Crippen LogP contribution is 2.48. The van der Waals surface area contributed by atoms with Crippen molar-refractivity contribution in [2.45, 2.75) is 126 Å². The number of likely N-dealkylation sites (tertiary alicyclic amines) is 1. The third kappa shape index (κ3) is 9.68. The first-order chi connectivity index (χ1) is 29.4. The van der Waals surface area contributed by atoms with Crippen LogP contribution in [0, 0.1) is 5.92 Å². The lowest BCUT2D eigenvalue weighted by Gasteiger charge is -2.33. The molecule has 2 amide bonds. The summed E-state index contributed by atoms with van der Waals surface area (Å²) >= 11 is 0. The molecule has 3 aliphatic heterocycles. The van der Waals surface area contributed by atoms with Crippen LogP contribution in [0.3, 0.4) is 0 Å². The monoisotopic (exact) mass is 832 g/mol. The number of epoxide rings is 1. The number of hydrogen-bond acceptors (Lipinski definition) is 10. The number of benzene rings is 3. The Hall–Kier alpha value is -5.14. The first kappa shape index (κ1) is 42.5. The first-order valence-corrected chi connectivity index (χ1v) is 21.7. The molecule has 3 unspecified atom stereocenters. The van der Waals surface area contributed by atoms with Gasteiger partial charge >= 0.3 is 11.9 Å². The number of allylic oxidation sites excluding steroid dienone is 1. The maximum Gasteiger partial charge on any atom is 0.339 e. The van der Waals surface area contributed by atoms with E-state index in [0.717, 1.165) is 36.0 Å². The van der Waals surface area contributed by atoms with E-state index in [1.165, 1.54) is 0 Å². The molecule has 3 saturated heterocycles. The highest BCUT2D eigenvalue weighted by Gasteiger charge is 2.55. The highest BCUT2D eigenvalue weighted by molar-refractivity contribution is 5.98. The number of nitrogens with zero attached hydrogens (tertiary/aromatic N) is 1. The molecule has 61 heavy (non-hydrogen) atoms. The molecule has 1 saturated carbocycles. The van der Waals surface area contributed by atoms with Crippen LogP contribution < -0.4 is 5.32 Å². The van der Waals surface area contributed by atoms with Crippen molar-refractivity contribution >= 4 is 29.8 Å². The van der Waals surface area contributed by atoms with Gasteiger partial charge in [-0.3, -0.25) is 14.4 Å². The van der Waals surface area contributed by atoms with Crippen molar-refractivity contribution in [2.75, 3.05) is 13.2 Å². The summed E-state index contributed by atoms with van der Waals surface area (Å²) in [6.45, 7) is 5.28. The lowest BCUT2D eigenvalue weighted by atomic mass is 9.88. The molecule has 3 aromatic rings. The van der Waals surface area contributed by atoms with Crippen molar-refractivity contribution < 1.29 is 48.0 Å². The van der Waals surface area contributed by atoms with E-state index >= 15 is 0 Å². The van der Waals surface area contributed by atoms with Crippen molar-refractivity contribution in [1.29, 1.82) is 0 Å². The molecule has 2 aliphatic carbocycles. The van der Waals surface area contributed by atoms with Crippen LogP contribution in [0.5, 0.6) is 0 Å². The molecule has 8 rings (SSSR count). The average molecular weight is 833 g/mol. The minimum absolute atomic E-state index is 0.0126. The maximum atomic E-state index is 14.6. The lowest BCUT2D eigenvalue weighted by molar-refractivity contribution is -0.157. The zero-order valence-electron chi connectivity index (χ0n) is 35.1. The van der Waals surface area contributed by atoms with Crippen LogP contribution in [0.15, 0.2) is 103 Å². The topological polar surface area (TPSA) is 153 Å². The van der Waals surface area contributed by atoms with Crippen LogP contribution in [-0.4, -0.2) is 95.1 Å². The standard InChI is InChI=1S/C49H56N2O10/c1-48(2,3)60-43(53)25-23-36(30-52)50-45(54)38-19-12-26-51(38)46(55)33-28-41(58-47(56)37-18-11-10-13-32(37)22-20-31-21-24-39-40(27-31)57-39)44-42(29-33)59-49(61-44,34-14-6-4-7-15-34)35-16-8-5-9-17-35/h4-11,13-18,20,22,29,31,36,38-42,44,52H,12,19,21,23-28,30H2,1-3H3,(H,50,54)/t31?,36-,38+,39?,40?,41+,42+,44-/m0/s1. The van der Waals surface area contributed by atoms with E-state index in [0.29, 0.717) is 48.6 Å². The van der Waals surface area contributed by atoms with Crippen LogP contribution in [-0.2, 0) is 43.9 Å². The summed E-state index contributed by atoms with van der Waals surface area (Å²) in [4.78, 5) is 56.6. The number of carbonyl (C=O) groups excluding carboxylic acids is 4. The smallest absolute Gasteiger partial charge is 0.339 e. The molecule has 3 heterocycles. The predicted molar refractivity (Wildman–Crippen MR) is 226 cm³/mol. The molecule has 2 N–H and O–H groups in total. The van der Waals surface area contributed by atoms with E-state index in [2.05, 4.69) is 11.4 Å². The van der Waals surface area contributed by atoms with Gasteiger partial charge in [0.25, 0.3) is 0 Å². The number of amides is 2. The van der Waals surface area contributed by atoms with Crippen molar-refractivity contribution in [1.82, 2.24) is 10.2 Å². The quantitative estimate of drug-likeness (QED) is 0.146. The summed E-state index contributed by atoms with van der Waals surface area (Å²) in [7, 11) is 0. The molecule has 0 radical (unpaired) electrons. The summed E-state index contributed by atoms with van der Waals surface area (Å²) in [5.74, 6) is -2.78. The zero-order chi connectivity index (χ0) is 42.7. The van der Waals surface area contributed by atoms with Crippen LogP contribution in [0.25, 0.3) is 6.08 Å². The van der Waals surface area contributed by atoms with Gasteiger partial charge in [-0.25, -0.2) is 4.79 Å². The number of carbonyl (C=O) groups is 4. The molecule has 0 bridgehead atoms. The molecular formula is C49H56N2O10. The number of esters is 2. The molecule has 5 aliphatic rings. The number of ether oxygens (including phenoxy) is 5. The number of aliphatic hydroxyl groups excluding tert-OH is 1. The molecular weight excluding hydrogens is 777 g/mol. The van der Waals surface area contributed by atoms with E-state index in [4.69, 9.17) is 23.7 Å². The first-order valence-electron chi connectivity index (χ1n) is 21.7. The van der Waals surface area contributed by atoms with Gasteiger partial charge in [0.2, 0.25) is 17.6 Å². The third-order valence-electron chi connectivity index (χ3n) is 12.2. The summed E-state index contributed by atoms with van der Waals surface area (Å²) in [5.41, 5.74) is 2.29. The Bertz CT molecular complexity index is 2090. The van der Waals surface area contributed by atoms with Crippen LogP contribution in [0.2, 0.25) is 0 Å². The number of nitrogens with one attached hydrogen (secondary N) is 1. The Balaban J connectivity index is 1.05. The second-order valence-electron chi connectivity index (χ2n) is 17.8. The summed E-state index contributed by atoms with van der Waals surface area (Å²) in [5, 5.41) is 13.0. The molecule has 3 aromatic carbocycles. The Morgan fingerprint density at radius 1 is 0.918 bits per heavy atom. The van der Waals surface area contributed by atoms with E-state index < -0.39 is 59.6 Å². The fourth-order valence-electron chi connectivity index (χ4n) is 9.12. The average Bonchev–Trinajstić information content (AvgIpc) is 3.65. The van der Waals surface area contributed by atoms with Crippen molar-refractivity contribution in [3.63, 3.8) is 0 Å². The van der Waals surface area contributed by atoms with Gasteiger partial charge in [0.05, 0.1) is 30.4 Å². The minimum atomic E-state index is -1.38. The number of hydrogen-bond donors (Lipinski definition) is 2. The Morgan fingerprint density at radius 2 is 1.62 bits per heavy atom. The second kappa shape index (κ2) is 18.1. The van der Waals surface area contributed by atoms with Crippen molar-refractivity contribution in [3.05, 3.63) is 125 Å². The van der Waals surface area contributed by atoms with Gasteiger partial charge in [-0.05, 0) is 82.9 Å². The molecule has 12 nitrogen and oxygen atoms in total. The Morgan fingerprint density at radius 3 is 2.31 bits per heavy atom. The molecule has 322 valence electrons. The highest BCUT2D eigenvalue weighted by atomic mass is 16.8. The predicted octanol–water partition coefficient (Wildman–Crippen LogP) is 6.40. The van der Waals surface area contributed by atoms with E-state index in [1.54, 1.807) is 43.9 Å². The van der Waals surface area contributed by atoms with E-state index in [1.807, 2.05) is 78.9 Å². The number of rotatable bonds is 13. The van der Waals surface area contributed by atoms with E-state index in [-0.39, 0.29) is 31.8 Å². The molecule has 0 spiro atoms. The summed E-state index contributed by atoms with van der Waals surface area (Å²) in [6.07, 6.45) is 8.39. The Kier molecular flexibility index (Phi) is 12.6. The van der Waals surface area contributed by atoms with Gasteiger partial charge in [-0.15, -0.1) is 0 Å². The molecule has 12 heteroatoms.